The first-order valence-corrected chi connectivity index (χ1v) is 9.87. The Morgan fingerprint density at radius 1 is 1.29 bits per heavy atom. The molecule has 0 unspecified atom stereocenters. The van der Waals surface area contributed by atoms with Crippen molar-refractivity contribution in [2.24, 2.45) is 0 Å². The third-order valence-electron chi connectivity index (χ3n) is 4.58. The summed E-state index contributed by atoms with van der Waals surface area (Å²) in [5.74, 6) is -0.508. The molecular weight excluding hydrogens is 421 g/mol. The summed E-state index contributed by atoms with van der Waals surface area (Å²) in [5, 5.41) is 15.3. The van der Waals surface area contributed by atoms with E-state index < -0.39 is 29.0 Å². The molecule has 3 rings (SSSR count). The van der Waals surface area contributed by atoms with Crippen molar-refractivity contribution in [3.05, 3.63) is 68.8 Å². The van der Waals surface area contributed by atoms with Crippen LogP contribution >= 0.6 is 11.6 Å². The lowest BCUT2D eigenvalue weighted by molar-refractivity contribution is 0.244. The number of nitrogens with zero attached hydrogens (tertiary/aromatic N) is 3. The van der Waals surface area contributed by atoms with Crippen LogP contribution in [0.3, 0.4) is 0 Å². The number of urea groups is 1. The highest BCUT2D eigenvalue weighted by atomic mass is 35.5. The van der Waals surface area contributed by atoms with Crippen LogP contribution in [0.2, 0.25) is 5.02 Å². The van der Waals surface area contributed by atoms with Gasteiger partial charge in [0.15, 0.2) is 0 Å². The highest BCUT2D eigenvalue weighted by molar-refractivity contribution is 6.30. The fourth-order valence-electron chi connectivity index (χ4n) is 3.24. The molecule has 1 heterocycles. The third kappa shape index (κ3) is 4.84. The molecule has 0 fully saturated rings. The monoisotopic (exact) mass is 441 g/mol. The molecule has 0 bridgehead atoms. The summed E-state index contributed by atoms with van der Waals surface area (Å²) < 4.78 is 15.8. The van der Waals surface area contributed by atoms with E-state index in [0.29, 0.717) is 16.1 Å². The number of anilines is 1. The van der Waals surface area contributed by atoms with Gasteiger partial charge in [-0.15, -0.1) is 0 Å². The van der Waals surface area contributed by atoms with Crippen molar-refractivity contribution in [3.63, 3.8) is 0 Å². The number of amides is 2. The molecular formula is C22H21ClFN5O2. The van der Waals surface area contributed by atoms with Gasteiger partial charge in [-0.3, -0.25) is 9.36 Å². The Labute approximate surface area is 183 Å². The van der Waals surface area contributed by atoms with E-state index in [-0.39, 0.29) is 16.8 Å². The lowest BCUT2D eigenvalue weighted by atomic mass is 10.1. The van der Waals surface area contributed by atoms with Gasteiger partial charge in [-0.25, -0.2) is 14.2 Å². The van der Waals surface area contributed by atoms with E-state index in [0.717, 1.165) is 6.20 Å². The minimum Gasteiger partial charge on any atom is -0.333 e. The van der Waals surface area contributed by atoms with E-state index in [1.54, 1.807) is 6.92 Å². The summed E-state index contributed by atoms with van der Waals surface area (Å²) in [5.41, 5.74) is 0.370. The van der Waals surface area contributed by atoms with Gasteiger partial charge < -0.3 is 10.6 Å². The molecule has 2 aromatic carbocycles. The van der Waals surface area contributed by atoms with Crippen molar-refractivity contribution in [3.8, 4) is 6.07 Å². The van der Waals surface area contributed by atoms with Gasteiger partial charge >= 0.3 is 6.03 Å². The molecule has 3 aromatic rings. The van der Waals surface area contributed by atoms with Crippen LogP contribution in [0.15, 0.2) is 41.3 Å². The molecule has 9 heteroatoms. The number of halogens is 2. The lowest BCUT2D eigenvalue weighted by Crippen LogP contribution is -2.43. The highest BCUT2D eigenvalue weighted by Gasteiger charge is 2.20. The number of nitriles is 1. The van der Waals surface area contributed by atoms with Crippen LogP contribution in [0.4, 0.5) is 14.9 Å². The zero-order valence-electron chi connectivity index (χ0n) is 17.5. The standard InChI is InChI=1S/C22H21ClFN5O2/c1-12(15-8-14(23)5-6-16(15)24)29-19-7-13(10-25)17(9-18(19)26-11-20(29)30)27-21(31)28-22(2,3)4/h5-9,11-12H,1-4H3,(H2,27,28,31)/t12-/m0/s1. The molecule has 0 saturated carbocycles. The van der Waals surface area contributed by atoms with E-state index in [2.05, 4.69) is 15.6 Å². The molecule has 1 aromatic heterocycles. The van der Waals surface area contributed by atoms with E-state index in [1.165, 1.54) is 34.9 Å². The van der Waals surface area contributed by atoms with Gasteiger partial charge in [0.1, 0.15) is 11.9 Å². The largest absolute Gasteiger partial charge is 0.333 e. The molecule has 0 aliphatic heterocycles. The Balaban J connectivity index is 2.14. The Morgan fingerprint density at radius 3 is 2.65 bits per heavy atom. The van der Waals surface area contributed by atoms with Crippen LogP contribution in [0, 0.1) is 17.1 Å². The van der Waals surface area contributed by atoms with Gasteiger partial charge in [0.2, 0.25) is 0 Å². The van der Waals surface area contributed by atoms with E-state index in [4.69, 9.17) is 11.6 Å². The van der Waals surface area contributed by atoms with Crippen molar-refractivity contribution in [1.29, 1.82) is 5.26 Å². The van der Waals surface area contributed by atoms with Crippen LogP contribution in [0.5, 0.6) is 0 Å². The molecule has 0 saturated heterocycles. The maximum absolute atomic E-state index is 14.4. The average molecular weight is 442 g/mol. The summed E-state index contributed by atoms with van der Waals surface area (Å²) in [4.78, 5) is 29.0. The average Bonchev–Trinajstić information content (AvgIpc) is 2.67. The second-order valence-corrected chi connectivity index (χ2v) is 8.57. The Kier molecular flexibility index (Phi) is 6.00. The van der Waals surface area contributed by atoms with Crippen molar-refractivity contribution in [2.45, 2.75) is 39.3 Å². The SMILES string of the molecule is C[C@@H](c1cc(Cl)ccc1F)n1c(=O)cnc2cc(NC(=O)NC(C)(C)C)c(C#N)cc21. The van der Waals surface area contributed by atoms with Gasteiger partial charge in [0.05, 0.1) is 34.5 Å². The quantitative estimate of drug-likeness (QED) is 0.620. The van der Waals surface area contributed by atoms with Gasteiger partial charge in [-0.05, 0) is 58.0 Å². The van der Waals surface area contributed by atoms with Crippen LogP contribution in [0.1, 0.15) is 44.9 Å². The predicted octanol–water partition coefficient (Wildman–Crippen LogP) is 4.59. The summed E-state index contributed by atoms with van der Waals surface area (Å²) in [6, 6.07) is 7.90. The Morgan fingerprint density at radius 2 is 2.00 bits per heavy atom. The number of hydrogen-bond acceptors (Lipinski definition) is 4. The first-order valence-electron chi connectivity index (χ1n) is 9.49. The maximum atomic E-state index is 14.4. The van der Waals surface area contributed by atoms with Crippen LogP contribution in [0.25, 0.3) is 11.0 Å². The van der Waals surface area contributed by atoms with Crippen LogP contribution in [-0.2, 0) is 0 Å². The number of rotatable bonds is 3. The molecule has 7 nitrogen and oxygen atoms in total. The molecule has 0 aliphatic carbocycles. The fourth-order valence-corrected chi connectivity index (χ4v) is 3.42. The topological polar surface area (TPSA) is 99.8 Å². The van der Waals surface area contributed by atoms with E-state index >= 15 is 0 Å². The molecule has 2 N–H and O–H groups in total. The van der Waals surface area contributed by atoms with E-state index in [9.17, 15) is 19.2 Å². The number of aromatic nitrogens is 2. The van der Waals surface area contributed by atoms with Gasteiger partial charge in [0, 0.05) is 16.1 Å². The summed E-state index contributed by atoms with van der Waals surface area (Å²) in [6.45, 7) is 7.14. The third-order valence-corrected chi connectivity index (χ3v) is 4.81. The highest BCUT2D eigenvalue weighted by Crippen LogP contribution is 2.28. The molecule has 2 amide bonds. The normalized spacial score (nSPS) is 12.3. The zero-order valence-corrected chi connectivity index (χ0v) is 18.2. The van der Waals surface area contributed by atoms with Crippen molar-refractivity contribution in [2.75, 3.05) is 5.32 Å². The maximum Gasteiger partial charge on any atom is 0.319 e. The number of carbonyl (C=O) groups is 1. The van der Waals surface area contributed by atoms with Gasteiger partial charge in [0.25, 0.3) is 5.56 Å². The van der Waals surface area contributed by atoms with Crippen LogP contribution < -0.4 is 16.2 Å². The molecule has 160 valence electrons. The number of fused-ring (bicyclic) bond motifs is 1. The molecule has 0 radical (unpaired) electrons. The Hall–Kier alpha value is -3.44. The number of benzene rings is 2. The summed E-state index contributed by atoms with van der Waals surface area (Å²) in [6.07, 6.45) is 1.12. The molecule has 31 heavy (non-hydrogen) atoms. The molecule has 1 atom stereocenters. The van der Waals surface area contributed by atoms with E-state index in [1.807, 2.05) is 26.8 Å². The summed E-state index contributed by atoms with van der Waals surface area (Å²) >= 11 is 6.01. The molecule has 0 aliphatic rings. The van der Waals surface area contributed by atoms with Crippen molar-refractivity contribution >= 4 is 34.4 Å². The first-order chi connectivity index (χ1) is 14.5. The Bertz CT molecular complexity index is 1270. The van der Waals surface area contributed by atoms with Crippen LogP contribution in [-0.4, -0.2) is 21.1 Å². The van der Waals surface area contributed by atoms with Crippen molar-refractivity contribution in [1.82, 2.24) is 14.9 Å². The second-order valence-electron chi connectivity index (χ2n) is 8.14. The van der Waals surface area contributed by atoms with Gasteiger partial charge in [-0.2, -0.15) is 5.26 Å². The zero-order chi connectivity index (χ0) is 22.9. The predicted molar refractivity (Wildman–Crippen MR) is 118 cm³/mol. The summed E-state index contributed by atoms with van der Waals surface area (Å²) in [7, 11) is 0. The minimum absolute atomic E-state index is 0.136. The van der Waals surface area contributed by atoms with Gasteiger partial charge in [-0.1, -0.05) is 11.6 Å². The van der Waals surface area contributed by atoms with Crippen molar-refractivity contribution < 1.29 is 9.18 Å². The lowest BCUT2D eigenvalue weighted by Gasteiger charge is -2.22. The number of nitrogens with one attached hydrogen (secondary N) is 2. The second kappa shape index (κ2) is 8.36. The molecule has 0 spiro atoms. The first kappa shape index (κ1) is 22.2. The number of hydrogen-bond donors (Lipinski definition) is 2. The number of carbonyl (C=O) groups excluding carboxylic acids is 1. The fraction of sp³-hybridized carbons (Fsp3) is 0.273. The minimum atomic E-state index is -0.716. The smallest absolute Gasteiger partial charge is 0.319 e.